The number of nitrogens with zero attached hydrogens (tertiary/aromatic N) is 7. The highest BCUT2D eigenvalue weighted by Gasteiger charge is 2.31. The quantitative estimate of drug-likeness (QED) is 0.352. The fourth-order valence-electron chi connectivity index (χ4n) is 5.55. The van der Waals surface area contributed by atoms with Gasteiger partial charge in [-0.15, -0.1) is 10.2 Å². The van der Waals surface area contributed by atoms with E-state index < -0.39 is 0 Å². The first kappa shape index (κ1) is 28.0. The minimum atomic E-state index is -0.367. The third-order valence-corrected chi connectivity index (χ3v) is 7.79. The van der Waals surface area contributed by atoms with Gasteiger partial charge in [-0.2, -0.15) is 5.10 Å². The number of aryl methyl sites for hydroxylation is 1. The maximum Gasteiger partial charge on any atom is 0.309 e. The Bertz CT molecular complexity index is 1550. The number of fused-ring (bicyclic) bond motifs is 1. The van der Waals surface area contributed by atoms with Crippen LogP contribution in [0.15, 0.2) is 47.3 Å². The Balaban J connectivity index is 1.28. The SMILES string of the molecule is Cn1cc(Nc2nccc(-c3ccc4c(c3)CCN(C3CCOCC3)CC4NC(=O)c3nnc(C(C)(C)C)o3)n2)cn1. The lowest BCUT2D eigenvalue weighted by molar-refractivity contribution is 0.0317. The van der Waals surface area contributed by atoms with Crippen molar-refractivity contribution >= 4 is 17.5 Å². The third kappa shape index (κ3) is 6.19. The molecule has 1 unspecified atom stereocenters. The van der Waals surface area contributed by atoms with Gasteiger partial charge in [-0.05, 0) is 42.5 Å². The first-order valence-electron chi connectivity index (χ1n) is 14.4. The van der Waals surface area contributed by atoms with Crippen LogP contribution in [0.4, 0.5) is 11.6 Å². The van der Waals surface area contributed by atoms with E-state index in [4.69, 9.17) is 14.1 Å². The number of nitrogens with one attached hydrogen (secondary N) is 2. The maximum absolute atomic E-state index is 13.4. The number of carbonyl (C=O) groups is 1. The van der Waals surface area contributed by atoms with Gasteiger partial charge in [0.2, 0.25) is 11.8 Å². The molecule has 6 rings (SSSR count). The molecule has 12 heteroatoms. The molecular formula is C30H37N9O3. The van der Waals surface area contributed by atoms with Gasteiger partial charge in [0.1, 0.15) is 0 Å². The molecule has 0 bridgehead atoms. The van der Waals surface area contributed by atoms with Gasteiger partial charge in [0.05, 0.1) is 23.6 Å². The number of hydrogen-bond donors (Lipinski definition) is 2. The molecule has 0 radical (unpaired) electrons. The number of anilines is 2. The van der Waals surface area contributed by atoms with Crippen LogP contribution in [0, 0.1) is 0 Å². The lowest BCUT2D eigenvalue weighted by Gasteiger charge is -2.35. The molecule has 1 atom stereocenters. The van der Waals surface area contributed by atoms with E-state index in [1.807, 2.05) is 40.1 Å². The molecule has 0 saturated carbocycles. The Morgan fingerprint density at radius 3 is 2.69 bits per heavy atom. The van der Waals surface area contributed by atoms with Crippen LogP contribution in [-0.4, -0.2) is 73.1 Å². The second-order valence-electron chi connectivity index (χ2n) is 12.0. The van der Waals surface area contributed by atoms with E-state index in [1.165, 1.54) is 5.56 Å². The standard InChI is InChI=1S/C30H37N9O3/c1-30(2,3)28-37-36-27(42-28)26(40)34-25-18-39(22-9-13-41-14-10-22)12-8-19-15-20(5-6-23(19)25)24-7-11-31-29(35-24)33-21-16-32-38(4)17-21/h5-7,11,15-17,22,25H,8-10,12-14,18H2,1-4H3,(H,34,40)(H,31,33,35). The van der Waals surface area contributed by atoms with Crippen molar-refractivity contribution in [3.05, 3.63) is 65.8 Å². The number of rotatable bonds is 6. The third-order valence-electron chi connectivity index (χ3n) is 7.79. The highest BCUT2D eigenvalue weighted by atomic mass is 16.5. The number of aromatic nitrogens is 6. The van der Waals surface area contributed by atoms with Gasteiger partial charge in [0, 0.05) is 62.8 Å². The van der Waals surface area contributed by atoms with E-state index in [9.17, 15) is 4.79 Å². The summed E-state index contributed by atoms with van der Waals surface area (Å²) in [6, 6.07) is 8.41. The van der Waals surface area contributed by atoms with Crippen molar-refractivity contribution in [2.75, 3.05) is 31.6 Å². The van der Waals surface area contributed by atoms with E-state index in [1.54, 1.807) is 17.1 Å². The van der Waals surface area contributed by atoms with E-state index >= 15 is 0 Å². The van der Waals surface area contributed by atoms with E-state index in [2.05, 4.69) is 54.0 Å². The van der Waals surface area contributed by atoms with Crippen molar-refractivity contribution in [1.29, 1.82) is 0 Å². The normalized spacial score (nSPS) is 18.3. The van der Waals surface area contributed by atoms with Crippen molar-refractivity contribution < 1.29 is 13.9 Å². The Kier molecular flexibility index (Phi) is 7.74. The van der Waals surface area contributed by atoms with Crippen LogP contribution in [0.2, 0.25) is 0 Å². The topological polar surface area (TPSA) is 136 Å². The van der Waals surface area contributed by atoms with E-state index in [0.29, 0.717) is 24.4 Å². The Labute approximate surface area is 244 Å². The second kappa shape index (κ2) is 11.6. The molecule has 0 aliphatic carbocycles. The highest BCUT2D eigenvalue weighted by molar-refractivity contribution is 5.89. The van der Waals surface area contributed by atoms with Crippen LogP contribution in [0.1, 0.15) is 67.4 Å². The molecule has 3 aromatic heterocycles. The molecule has 1 saturated heterocycles. The largest absolute Gasteiger partial charge is 0.416 e. The molecule has 0 spiro atoms. The average molecular weight is 572 g/mol. The Morgan fingerprint density at radius 2 is 1.95 bits per heavy atom. The molecule has 1 amide bonds. The molecule has 1 aromatic carbocycles. The predicted molar refractivity (Wildman–Crippen MR) is 156 cm³/mol. The smallest absolute Gasteiger partial charge is 0.309 e. The number of benzene rings is 1. The monoisotopic (exact) mass is 571 g/mol. The summed E-state index contributed by atoms with van der Waals surface area (Å²) in [7, 11) is 1.86. The van der Waals surface area contributed by atoms with E-state index in [0.717, 1.165) is 61.5 Å². The van der Waals surface area contributed by atoms with Gasteiger partial charge in [0.25, 0.3) is 0 Å². The minimum absolute atomic E-state index is 0.0189. The molecule has 1 fully saturated rings. The molecule has 2 aliphatic rings. The Hall–Kier alpha value is -4.16. The molecule has 5 heterocycles. The Morgan fingerprint density at radius 1 is 1.12 bits per heavy atom. The number of ether oxygens (including phenoxy) is 1. The lowest BCUT2D eigenvalue weighted by Crippen LogP contribution is -2.44. The van der Waals surface area contributed by atoms with Gasteiger partial charge in [-0.3, -0.25) is 14.4 Å². The van der Waals surface area contributed by atoms with Gasteiger partial charge < -0.3 is 19.8 Å². The van der Waals surface area contributed by atoms with Crippen molar-refractivity contribution in [3.63, 3.8) is 0 Å². The van der Waals surface area contributed by atoms with Crippen LogP contribution in [0.25, 0.3) is 11.3 Å². The van der Waals surface area contributed by atoms with Crippen LogP contribution in [0.5, 0.6) is 0 Å². The number of hydrogen-bond acceptors (Lipinski definition) is 10. The first-order chi connectivity index (χ1) is 20.2. The second-order valence-corrected chi connectivity index (χ2v) is 12.0. The van der Waals surface area contributed by atoms with E-state index in [-0.39, 0.29) is 23.3 Å². The average Bonchev–Trinajstić information content (AvgIpc) is 3.61. The maximum atomic E-state index is 13.4. The predicted octanol–water partition coefficient (Wildman–Crippen LogP) is 3.81. The summed E-state index contributed by atoms with van der Waals surface area (Å²) in [6.07, 6.45) is 8.17. The fraction of sp³-hybridized carbons (Fsp3) is 0.467. The van der Waals surface area contributed by atoms with Gasteiger partial charge in [0.15, 0.2) is 0 Å². The van der Waals surface area contributed by atoms with Gasteiger partial charge in [-0.25, -0.2) is 9.97 Å². The van der Waals surface area contributed by atoms with Crippen LogP contribution in [0.3, 0.4) is 0 Å². The molecule has 2 aliphatic heterocycles. The zero-order valence-electron chi connectivity index (χ0n) is 24.5. The van der Waals surface area contributed by atoms with Gasteiger partial charge >= 0.3 is 11.8 Å². The lowest BCUT2D eigenvalue weighted by atomic mass is 9.96. The van der Waals surface area contributed by atoms with Crippen molar-refractivity contribution in [2.24, 2.45) is 7.05 Å². The van der Waals surface area contributed by atoms with Crippen LogP contribution < -0.4 is 10.6 Å². The number of amides is 1. The molecule has 4 aromatic rings. The molecule has 220 valence electrons. The van der Waals surface area contributed by atoms with Crippen molar-refractivity contribution in [1.82, 2.24) is 40.2 Å². The van der Waals surface area contributed by atoms with Crippen molar-refractivity contribution in [3.8, 4) is 11.3 Å². The van der Waals surface area contributed by atoms with Crippen LogP contribution >= 0.6 is 0 Å². The van der Waals surface area contributed by atoms with Crippen molar-refractivity contribution in [2.45, 2.75) is 57.5 Å². The van der Waals surface area contributed by atoms with Gasteiger partial charge in [-0.1, -0.05) is 32.9 Å². The first-order valence-corrected chi connectivity index (χ1v) is 14.4. The summed E-state index contributed by atoms with van der Waals surface area (Å²) < 4.78 is 13.1. The summed E-state index contributed by atoms with van der Waals surface area (Å²) in [5.74, 6) is 0.549. The minimum Gasteiger partial charge on any atom is -0.416 e. The molecule has 2 N–H and O–H groups in total. The molecule has 42 heavy (non-hydrogen) atoms. The summed E-state index contributed by atoms with van der Waals surface area (Å²) >= 11 is 0. The molecule has 12 nitrogen and oxygen atoms in total. The summed E-state index contributed by atoms with van der Waals surface area (Å²) in [5.41, 5.74) is 4.53. The molecular weight excluding hydrogens is 534 g/mol. The zero-order chi connectivity index (χ0) is 29.3. The zero-order valence-corrected chi connectivity index (χ0v) is 24.5. The summed E-state index contributed by atoms with van der Waals surface area (Å²) in [4.78, 5) is 25.0. The van der Waals surface area contributed by atoms with Crippen LogP contribution in [-0.2, 0) is 23.6 Å². The number of carbonyl (C=O) groups excluding carboxylic acids is 1. The highest BCUT2D eigenvalue weighted by Crippen LogP contribution is 2.31. The summed E-state index contributed by atoms with van der Waals surface area (Å²) in [5, 5.41) is 18.8. The fourth-order valence-corrected chi connectivity index (χ4v) is 5.55. The summed E-state index contributed by atoms with van der Waals surface area (Å²) in [6.45, 7) is 9.02.